The Morgan fingerprint density at radius 2 is 1.55 bits per heavy atom. The molecule has 4 nitrogen and oxygen atoms in total. The Balaban J connectivity index is 1.47. The molecule has 0 unspecified atom stereocenters. The number of rotatable bonds is 7. The first-order valence-corrected chi connectivity index (χ1v) is 10.6. The maximum atomic E-state index is 12.1. The van der Waals surface area contributed by atoms with E-state index in [0.717, 1.165) is 10.5 Å². The van der Waals surface area contributed by atoms with Gasteiger partial charge >= 0.3 is 0 Å². The van der Waals surface area contributed by atoms with Gasteiger partial charge in [-0.2, -0.15) is 0 Å². The molecule has 0 fully saturated rings. The van der Waals surface area contributed by atoms with Crippen molar-refractivity contribution in [1.29, 1.82) is 0 Å². The Labute approximate surface area is 183 Å². The first-order valence-electron chi connectivity index (χ1n) is 8.81. The van der Waals surface area contributed by atoms with E-state index < -0.39 is 0 Å². The summed E-state index contributed by atoms with van der Waals surface area (Å²) in [5, 5.41) is 6.54. The minimum Gasteiger partial charge on any atom is -0.326 e. The van der Waals surface area contributed by atoms with E-state index in [4.69, 9.17) is 23.2 Å². The topological polar surface area (TPSA) is 58.2 Å². The van der Waals surface area contributed by atoms with Gasteiger partial charge < -0.3 is 10.6 Å². The third-order valence-electron chi connectivity index (χ3n) is 3.92. The maximum absolute atomic E-state index is 12.1. The highest BCUT2D eigenvalue weighted by molar-refractivity contribution is 8.00. The molecule has 0 radical (unpaired) electrons. The predicted octanol–water partition coefficient (Wildman–Crippen LogP) is 5.91. The lowest BCUT2D eigenvalue weighted by molar-refractivity contribution is -0.115. The molecule has 0 spiro atoms. The summed E-state index contributed by atoms with van der Waals surface area (Å²) in [4.78, 5) is 25.2. The van der Waals surface area contributed by atoms with Crippen molar-refractivity contribution in [2.24, 2.45) is 0 Å². The molecule has 29 heavy (non-hydrogen) atoms. The average Bonchev–Trinajstić information content (AvgIpc) is 2.70. The fourth-order valence-electron chi connectivity index (χ4n) is 2.55. The number of hydrogen-bond acceptors (Lipinski definition) is 3. The number of benzene rings is 3. The van der Waals surface area contributed by atoms with Crippen LogP contribution in [-0.2, 0) is 16.0 Å². The van der Waals surface area contributed by atoms with E-state index in [9.17, 15) is 9.59 Å². The number of carbonyl (C=O) groups is 2. The second-order valence-electron chi connectivity index (χ2n) is 6.20. The lowest BCUT2D eigenvalue weighted by Gasteiger charge is -2.08. The fourth-order valence-corrected chi connectivity index (χ4v) is 3.70. The third kappa shape index (κ3) is 6.82. The van der Waals surface area contributed by atoms with Gasteiger partial charge in [-0.3, -0.25) is 9.59 Å². The van der Waals surface area contributed by atoms with E-state index >= 15 is 0 Å². The van der Waals surface area contributed by atoms with E-state index in [2.05, 4.69) is 10.6 Å². The van der Waals surface area contributed by atoms with E-state index in [1.165, 1.54) is 11.8 Å². The van der Waals surface area contributed by atoms with Crippen LogP contribution in [0.3, 0.4) is 0 Å². The minimum atomic E-state index is -0.167. The summed E-state index contributed by atoms with van der Waals surface area (Å²) in [5.74, 6) is -0.00569. The van der Waals surface area contributed by atoms with Gasteiger partial charge in [0.1, 0.15) is 0 Å². The Hall–Kier alpha value is -2.47. The van der Waals surface area contributed by atoms with Crippen LogP contribution < -0.4 is 10.6 Å². The standard InChI is InChI=1S/C22H18Cl2N2O2S/c23-16-6-11-20(19(24)13-16)26-22(28)14-29-18-9-7-17(8-10-18)25-21(27)12-15-4-2-1-3-5-15/h1-11,13H,12,14H2,(H,25,27)(H,26,28). The van der Waals surface area contributed by atoms with Crippen molar-refractivity contribution in [2.75, 3.05) is 16.4 Å². The van der Waals surface area contributed by atoms with Gasteiger partial charge in [0.15, 0.2) is 0 Å². The van der Waals surface area contributed by atoms with Crippen molar-refractivity contribution in [3.05, 3.63) is 88.4 Å². The molecule has 0 aliphatic carbocycles. The van der Waals surface area contributed by atoms with Gasteiger partial charge in [0.25, 0.3) is 0 Å². The van der Waals surface area contributed by atoms with Gasteiger partial charge in [0.05, 0.1) is 22.9 Å². The number of thioether (sulfide) groups is 1. The second-order valence-corrected chi connectivity index (χ2v) is 8.09. The van der Waals surface area contributed by atoms with Crippen molar-refractivity contribution >= 4 is 58.2 Å². The molecule has 3 aromatic carbocycles. The first-order chi connectivity index (χ1) is 14.0. The van der Waals surface area contributed by atoms with E-state index in [1.54, 1.807) is 18.2 Å². The van der Waals surface area contributed by atoms with Gasteiger partial charge in [0, 0.05) is 15.6 Å². The summed E-state index contributed by atoms with van der Waals surface area (Å²) >= 11 is 13.3. The molecule has 3 aromatic rings. The van der Waals surface area contributed by atoms with Crippen molar-refractivity contribution in [2.45, 2.75) is 11.3 Å². The maximum Gasteiger partial charge on any atom is 0.234 e. The van der Waals surface area contributed by atoms with Gasteiger partial charge in [0.2, 0.25) is 11.8 Å². The summed E-state index contributed by atoms with van der Waals surface area (Å²) in [6.45, 7) is 0. The van der Waals surface area contributed by atoms with Gasteiger partial charge in [-0.15, -0.1) is 11.8 Å². The summed E-state index contributed by atoms with van der Waals surface area (Å²) in [6, 6.07) is 21.9. The Morgan fingerprint density at radius 1 is 0.828 bits per heavy atom. The van der Waals surface area contributed by atoms with Crippen molar-refractivity contribution in [3.63, 3.8) is 0 Å². The molecule has 0 saturated heterocycles. The molecule has 3 rings (SSSR count). The molecule has 0 atom stereocenters. The zero-order valence-electron chi connectivity index (χ0n) is 15.3. The Kier molecular flexibility index (Phi) is 7.58. The molecule has 0 bridgehead atoms. The predicted molar refractivity (Wildman–Crippen MR) is 121 cm³/mol. The van der Waals surface area contributed by atoms with Crippen molar-refractivity contribution in [3.8, 4) is 0 Å². The van der Waals surface area contributed by atoms with Crippen LogP contribution in [-0.4, -0.2) is 17.6 Å². The number of carbonyl (C=O) groups excluding carboxylic acids is 2. The van der Waals surface area contributed by atoms with Crippen molar-refractivity contribution in [1.82, 2.24) is 0 Å². The molecular formula is C22H18Cl2N2O2S. The molecule has 0 aliphatic heterocycles. The van der Waals surface area contributed by atoms with Gasteiger partial charge in [-0.25, -0.2) is 0 Å². The number of halogens is 2. The summed E-state index contributed by atoms with van der Waals surface area (Å²) in [5.41, 5.74) is 2.20. The van der Waals surface area contributed by atoms with Crippen LogP contribution in [0.15, 0.2) is 77.7 Å². The zero-order valence-corrected chi connectivity index (χ0v) is 17.7. The molecule has 2 amide bonds. The fraction of sp³-hybridized carbons (Fsp3) is 0.0909. The highest BCUT2D eigenvalue weighted by atomic mass is 35.5. The highest BCUT2D eigenvalue weighted by Crippen LogP contribution is 2.26. The highest BCUT2D eigenvalue weighted by Gasteiger charge is 2.08. The van der Waals surface area contributed by atoms with E-state index in [0.29, 0.717) is 27.8 Å². The number of amides is 2. The SMILES string of the molecule is O=C(Cc1ccccc1)Nc1ccc(SCC(=O)Nc2ccc(Cl)cc2Cl)cc1. The van der Waals surface area contributed by atoms with Crippen LogP contribution >= 0.6 is 35.0 Å². The molecule has 7 heteroatoms. The number of nitrogens with one attached hydrogen (secondary N) is 2. The van der Waals surface area contributed by atoms with Crippen LogP contribution in [0, 0.1) is 0 Å². The Bertz CT molecular complexity index is 995. The van der Waals surface area contributed by atoms with Crippen LogP contribution in [0.4, 0.5) is 11.4 Å². The first kappa shape index (κ1) is 21.2. The van der Waals surface area contributed by atoms with Crippen molar-refractivity contribution < 1.29 is 9.59 Å². The number of hydrogen-bond donors (Lipinski definition) is 2. The molecule has 0 heterocycles. The van der Waals surface area contributed by atoms with Crippen LogP contribution in [0.2, 0.25) is 10.0 Å². The quantitative estimate of drug-likeness (QED) is 0.445. The molecule has 0 aromatic heterocycles. The minimum absolute atomic E-state index is 0.0733. The largest absolute Gasteiger partial charge is 0.326 e. The lowest BCUT2D eigenvalue weighted by atomic mass is 10.1. The third-order valence-corrected chi connectivity index (χ3v) is 5.48. The second kappa shape index (κ2) is 10.3. The zero-order chi connectivity index (χ0) is 20.6. The van der Waals surface area contributed by atoms with Gasteiger partial charge in [-0.05, 0) is 48.0 Å². The number of anilines is 2. The molecule has 148 valence electrons. The summed E-state index contributed by atoms with van der Waals surface area (Å²) in [6.07, 6.45) is 0.324. The summed E-state index contributed by atoms with van der Waals surface area (Å²) in [7, 11) is 0. The van der Waals surface area contributed by atoms with E-state index in [1.807, 2.05) is 54.6 Å². The van der Waals surface area contributed by atoms with Gasteiger partial charge in [-0.1, -0.05) is 53.5 Å². The lowest BCUT2D eigenvalue weighted by Crippen LogP contribution is -2.14. The molecule has 2 N–H and O–H groups in total. The average molecular weight is 445 g/mol. The summed E-state index contributed by atoms with van der Waals surface area (Å²) < 4.78 is 0. The van der Waals surface area contributed by atoms with Crippen LogP contribution in [0.25, 0.3) is 0 Å². The van der Waals surface area contributed by atoms with E-state index in [-0.39, 0.29) is 17.6 Å². The van der Waals surface area contributed by atoms with Crippen LogP contribution in [0.1, 0.15) is 5.56 Å². The molecular weight excluding hydrogens is 427 g/mol. The molecule has 0 aliphatic rings. The van der Waals surface area contributed by atoms with Crippen LogP contribution in [0.5, 0.6) is 0 Å². The Morgan fingerprint density at radius 3 is 2.24 bits per heavy atom. The normalized spacial score (nSPS) is 10.4. The smallest absolute Gasteiger partial charge is 0.234 e. The molecule has 0 saturated carbocycles. The monoisotopic (exact) mass is 444 g/mol.